The lowest BCUT2D eigenvalue weighted by molar-refractivity contribution is -0.116. The lowest BCUT2D eigenvalue weighted by Gasteiger charge is -2.16. The molecule has 1 atom stereocenters. The number of aliphatic hydroxyl groups is 2. The monoisotopic (exact) mass is 265 g/mol. The number of hydrogen-bond acceptors (Lipinski definition) is 6. The van der Waals surface area contributed by atoms with Crippen LogP contribution >= 0.6 is 7.60 Å². The molecule has 0 aliphatic carbocycles. The third-order valence-electron chi connectivity index (χ3n) is 2.15. The molecule has 1 amide bonds. The molecule has 98 valence electrons. The van der Waals surface area contributed by atoms with Crippen molar-refractivity contribution >= 4 is 13.5 Å². The van der Waals surface area contributed by atoms with Crippen LogP contribution in [0.15, 0.2) is 11.1 Å². The molecule has 1 unspecified atom stereocenters. The van der Waals surface area contributed by atoms with Crippen molar-refractivity contribution in [3.8, 4) is 0 Å². The average Bonchev–Trinajstić information content (AvgIpc) is 2.54. The Hall–Kier alpha value is -0.880. The minimum absolute atomic E-state index is 0.0745. The molecule has 1 rings (SSSR count). The van der Waals surface area contributed by atoms with Crippen molar-refractivity contribution in [1.82, 2.24) is 5.32 Å². The molecular weight excluding hydrogens is 249 g/mol. The Bertz CT molecular complexity index is 370. The van der Waals surface area contributed by atoms with E-state index in [0.29, 0.717) is 0 Å². The molecule has 1 aliphatic heterocycles. The summed E-state index contributed by atoms with van der Waals surface area (Å²) in [5, 5.41) is 20.5. The molecule has 0 spiro atoms. The molecule has 0 fully saturated rings. The maximum atomic E-state index is 12.3. The molecule has 0 radical (unpaired) electrons. The van der Waals surface area contributed by atoms with Crippen LogP contribution in [0.25, 0.3) is 0 Å². The van der Waals surface area contributed by atoms with Crippen LogP contribution in [0.5, 0.6) is 0 Å². The van der Waals surface area contributed by atoms with Gasteiger partial charge in [-0.1, -0.05) is 0 Å². The fourth-order valence-electron chi connectivity index (χ4n) is 1.48. The highest BCUT2D eigenvalue weighted by Gasteiger charge is 2.44. The summed E-state index contributed by atoms with van der Waals surface area (Å²) in [5.41, 5.74) is 0. The third kappa shape index (κ3) is 2.69. The van der Waals surface area contributed by atoms with Gasteiger partial charge in [0.15, 0.2) is 5.31 Å². The van der Waals surface area contributed by atoms with E-state index < -0.39 is 37.2 Å². The largest absolute Gasteiger partial charge is 0.509 e. The Balaban J connectivity index is 3.13. The molecule has 1 heterocycles. The summed E-state index contributed by atoms with van der Waals surface area (Å²) in [7, 11) is -3.82. The molecule has 3 N–H and O–H groups in total. The maximum absolute atomic E-state index is 12.3. The van der Waals surface area contributed by atoms with E-state index in [1.807, 2.05) is 0 Å². The lowest BCUT2D eigenvalue weighted by atomic mass is 10.3. The molecule has 0 aromatic heterocycles. The summed E-state index contributed by atoms with van der Waals surface area (Å²) in [6.45, 7) is 2.86. The summed E-state index contributed by atoms with van der Waals surface area (Å²) >= 11 is 0. The van der Waals surface area contributed by atoms with Gasteiger partial charge in [0.05, 0.1) is 19.8 Å². The van der Waals surface area contributed by atoms with Gasteiger partial charge in [0.1, 0.15) is 11.8 Å². The number of rotatable bonds is 6. The van der Waals surface area contributed by atoms with Gasteiger partial charge in [-0.15, -0.1) is 0 Å². The normalized spacial score (nSPS) is 20.9. The first-order valence-electron chi connectivity index (χ1n) is 5.24. The molecule has 8 heteroatoms. The third-order valence-corrected chi connectivity index (χ3v) is 4.32. The number of nitrogens with one attached hydrogen (secondary N) is 1. The molecule has 0 aromatic carbocycles. The molecular formula is C9H16NO6P. The fourth-order valence-corrected chi connectivity index (χ4v) is 3.24. The van der Waals surface area contributed by atoms with Crippen molar-refractivity contribution in [2.24, 2.45) is 0 Å². The first kappa shape index (κ1) is 14.2. The molecule has 17 heavy (non-hydrogen) atoms. The maximum Gasteiger partial charge on any atom is 0.370 e. The summed E-state index contributed by atoms with van der Waals surface area (Å²) in [6.07, 6.45) is 0. The van der Waals surface area contributed by atoms with Gasteiger partial charge in [-0.2, -0.15) is 0 Å². The topological polar surface area (TPSA) is 105 Å². The van der Waals surface area contributed by atoms with Gasteiger partial charge in [-0.3, -0.25) is 9.36 Å². The number of aliphatic hydroxyl groups excluding tert-OH is 2. The van der Waals surface area contributed by atoms with Gasteiger partial charge >= 0.3 is 7.60 Å². The predicted molar refractivity (Wildman–Crippen MR) is 59.5 cm³/mol. The standard InChI is InChI=1S/C9H16NO6P/c1-3-15-17(14,16-4-2)8-7(12)6(5-11)10-9(8)13/h6,11-12H,3-5H2,1-2H3,(H,10,13). The van der Waals surface area contributed by atoms with Crippen LogP contribution in [0, 0.1) is 0 Å². The highest BCUT2D eigenvalue weighted by atomic mass is 31.2. The summed E-state index contributed by atoms with van der Waals surface area (Å²) < 4.78 is 22.2. The number of carbonyl (C=O) groups excluding carboxylic acids is 1. The number of amides is 1. The van der Waals surface area contributed by atoms with Gasteiger partial charge in [0, 0.05) is 0 Å². The van der Waals surface area contributed by atoms with Crippen LogP contribution in [0.1, 0.15) is 13.8 Å². The second-order valence-corrected chi connectivity index (χ2v) is 5.23. The first-order chi connectivity index (χ1) is 8.00. The first-order valence-corrected chi connectivity index (χ1v) is 6.79. The molecule has 7 nitrogen and oxygen atoms in total. The van der Waals surface area contributed by atoms with E-state index >= 15 is 0 Å². The van der Waals surface area contributed by atoms with Gasteiger partial charge in [-0.05, 0) is 13.8 Å². The Labute approximate surface area is 99.0 Å². The summed E-state index contributed by atoms with van der Waals surface area (Å²) in [6, 6.07) is -0.952. The van der Waals surface area contributed by atoms with E-state index in [1.165, 1.54) is 0 Å². The Morgan fingerprint density at radius 3 is 2.24 bits per heavy atom. The van der Waals surface area contributed by atoms with Crippen LogP contribution in [0.3, 0.4) is 0 Å². The van der Waals surface area contributed by atoms with Gasteiger partial charge in [-0.25, -0.2) is 0 Å². The second-order valence-electron chi connectivity index (χ2n) is 3.28. The van der Waals surface area contributed by atoms with E-state index in [1.54, 1.807) is 13.8 Å². The van der Waals surface area contributed by atoms with Crippen LogP contribution in [0.4, 0.5) is 0 Å². The number of carbonyl (C=O) groups is 1. The van der Waals surface area contributed by atoms with E-state index in [4.69, 9.17) is 14.2 Å². The summed E-state index contributed by atoms with van der Waals surface area (Å²) in [4.78, 5) is 11.6. The highest BCUT2D eigenvalue weighted by molar-refractivity contribution is 7.60. The van der Waals surface area contributed by atoms with Crippen LogP contribution in [-0.2, 0) is 18.4 Å². The van der Waals surface area contributed by atoms with E-state index in [2.05, 4.69) is 5.32 Å². The minimum Gasteiger partial charge on any atom is -0.509 e. The molecule has 0 bridgehead atoms. The van der Waals surface area contributed by atoms with Gasteiger partial charge in [0.2, 0.25) is 0 Å². The van der Waals surface area contributed by atoms with Crippen LogP contribution in [-0.4, -0.2) is 42.0 Å². The van der Waals surface area contributed by atoms with Crippen molar-refractivity contribution < 1.29 is 28.6 Å². The molecule has 0 saturated heterocycles. The van der Waals surface area contributed by atoms with Gasteiger partial charge < -0.3 is 24.6 Å². The Morgan fingerprint density at radius 2 is 1.88 bits per heavy atom. The van der Waals surface area contributed by atoms with Crippen molar-refractivity contribution in [3.05, 3.63) is 11.1 Å². The van der Waals surface area contributed by atoms with Crippen molar-refractivity contribution in [3.63, 3.8) is 0 Å². The SMILES string of the molecule is CCOP(=O)(OCC)C1=C(O)C(CO)NC1=O. The highest BCUT2D eigenvalue weighted by Crippen LogP contribution is 2.58. The van der Waals surface area contributed by atoms with E-state index in [-0.39, 0.29) is 13.2 Å². The summed E-state index contributed by atoms with van der Waals surface area (Å²) in [5.74, 6) is -1.23. The predicted octanol–water partition coefficient (Wildman–Crippen LogP) is 0.513. The molecule has 0 aromatic rings. The van der Waals surface area contributed by atoms with Crippen molar-refractivity contribution in [1.29, 1.82) is 0 Å². The zero-order chi connectivity index (χ0) is 13.1. The zero-order valence-electron chi connectivity index (χ0n) is 9.67. The fraction of sp³-hybridized carbons (Fsp3) is 0.667. The lowest BCUT2D eigenvalue weighted by Crippen LogP contribution is -2.31. The molecule has 0 saturated carbocycles. The Morgan fingerprint density at radius 1 is 1.35 bits per heavy atom. The van der Waals surface area contributed by atoms with Crippen molar-refractivity contribution in [2.45, 2.75) is 19.9 Å². The Kier molecular flexibility index (Phi) is 4.70. The zero-order valence-corrected chi connectivity index (χ0v) is 10.6. The van der Waals surface area contributed by atoms with E-state index in [0.717, 1.165) is 0 Å². The minimum atomic E-state index is -3.82. The smallest absolute Gasteiger partial charge is 0.370 e. The number of hydrogen-bond donors (Lipinski definition) is 3. The molecule has 1 aliphatic rings. The second kappa shape index (κ2) is 5.64. The van der Waals surface area contributed by atoms with E-state index in [9.17, 15) is 14.5 Å². The van der Waals surface area contributed by atoms with Gasteiger partial charge in [0.25, 0.3) is 5.91 Å². The van der Waals surface area contributed by atoms with Crippen LogP contribution < -0.4 is 5.32 Å². The average molecular weight is 265 g/mol. The van der Waals surface area contributed by atoms with Crippen LogP contribution in [0.2, 0.25) is 0 Å². The quantitative estimate of drug-likeness (QED) is 0.604. The van der Waals surface area contributed by atoms with Crippen molar-refractivity contribution in [2.75, 3.05) is 19.8 Å².